The van der Waals surface area contributed by atoms with Gasteiger partial charge in [0.2, 0.25) is 0 Å². The molecule has 0 bridgehead atoms. The Morgan fingerprint density at radius 1 is 1.39 bits per heavy atom. The number of nitrogens with zero attached hydrogens (tertiary/aromatic N) is 1. The second-order valence-corrected chi connectivity index (χ2v) is 5.21. The number of likely N-dealkylation sites (N-methyl/N-ethyl adjacent to an activating group) is 1. The summed E-state index contributed by atoms with van der Waals surface area (Å²) in [7, 11) is 4.13. The normalized spacial score (nSPS) is 13.0. The van der Waals surface area contributed by atoms with Gasteiger partial charge in [-0.3, -0.25) is 0 Å². The number of rotatable bonds is 7. The lowest BCUT2D eigenvalue weighted by Crippen LogP contribution is -2.34. The van der Waals surface area contributed by atoms with Crippen molar-refractivity contribution in [1.29, 1.82) is 0 Å². The van der Waals surface area contributed by atoms with Crippen LogP contribution < -0.4 is 5.32 Å². The van der Waals surface area contributed by atoms with Crippen LogP contribution in [0.4, 0.5) is 4.39 Å². The first-order chi connectivity index (χ1) is 8.52. The molecule has 0 spiro atoms. The second-order valence-electron chi connectivity index (χ2n) is 4.80. The Kier molecular flexibility index (Phi) is 6.61. The van der Waals surface area contributed by atoms with E-state index in [0.717, 1.165) is 31.5 Å². The molecule has 0 fully saturated rings. The summed E-state index contributed by atoms with van der Waals surface area (Å²) in [6, 6.07) is 5.36. The zero-order valence-electron chi connectivity index (χ0n) is 11.3. The Labute approximate surface area is 114 Å². The molecular weight excluding hydrogens is 251 g/mol. The fourth-order valence-corrected chi connectivity index (χ4v) is 2.13. The van der Waals surface area contributed by atoms with Crippen molar-refractivity contribution in [2.24, 2.45) is 0 Å². The largest absolute Gasteiger partial charge is 0.314 e. The fourth-order valence-electron chi connectivity index (χ4n) is 1.93. The van der Waals surface area contributed by atoms with Crippen LogP contribution in [0.5, 0.6) is 0 Å². The van der Waals surface area contributed by atoms with Gasteiger partial charge < -0.3 is 10.2 Å². The van der Waals surface area contributed by atoms with Crippen molar-refractivity contribution in [3.8, 4) is 0 Å². The molecule has 0 radical (unpaired) electrons. The highest BCUT2D eigenvalue weighted by Gasteiger charge is 2.10. The average molecular weight is 273 g/mol. The van der Waals surface area contributed by atoms with E-state index in [2.05, 4.69) is 31.2 Å². The third-order valence-electron chi connectivity index (χ3n) is 2.88. The van der Waals surface area contributed by atoms with Crippen LogP contribution >= 0.6 is 11.6 Å². The van der Waals surface area contributed by atoms with Gasteiger partial charge >= 0.3 is 0 Å². The van der Waals surface area contributed by atoms with Crippen LogP contribution in [-0.2, 0) is 6.42 Å². The van der Waals surface area contributed by atoms with E-state index in [1.807, 2.05) is 0 Å². The van der Waals surface area contributed by atoms with Crippen LogP contribution in [0.25, 0.3) is 0 Å². The summed E-state index contributed by atoms with van der Waals surface area (Å²) in [5, 5.41) is 3.66. The minimum absolute atomic E-state index is 0.204. The first-order valence-corrected chi connectivity index (χ1v) is 6.72. The van der Waals surface area contributed by atoms with Gasteiger partial charge in [-0.1, -0.05) is 24.6 Å². The molecule has 0 saturated heterocycles. The van der Waals surface area contributed by atoms with Crippen molar-refractivity contribution in [3.63, 3.8) is 0 Å². The van der Waals surface area contributed by atoms with Crippen LogP contribution in [0.1, 0.15) is 18.9 Å². The van der Waals surface area contributed by atoms with E-state index in [9.17, 15) is 4.39 Å². The maximum Gasteiger partial charge on any atom is 0.141 e. The van der Waals surface area contributed by atoms with Gasteiger partial charge in [0.25, 0.3) is 0 Å². The molecule has 0 aliphatic carbocycles. The molecule has 0 aliphatic heterocycles. The molecule has 1 N–H and O–H groups in total. The molecule has 1 rings (SSSR count). The highest BCUT2D eigenvalue weighted by molar-refractivity contribution is 6.30. The van der Waals surface area contributed by atoms with Gasteiger partial charge in [0.15, 0.2) is 0 Å². The second kappa shape index (κ2) is 7.72. The first kappa shape index (κ1) is 15.4. The number of nitrogens with one attached hydrogen (secondary N) is 1. The topological polar surface area (TPSA) is 15.3 Å². The summed E-state index contributed by atoms with van der Waals surface area (Å²) in [5.41, 5.74) is 1.08. The maximum atomic E-state index is 13.1. The minimum atomic E-state index is -0.353. The Balaban J connectivity index is 2.61. The number of hydrogen-bond acceptors (Lipinski definition) is 2. The SMILES string of the molecule is CCNC(CCN(C)C)Cc1ccc(F)c(Cl)c1. The smallest absolute Gasteiger partial charge is 0.141 e. The van der Waals surface area contributed by atoms with Crippen LogP contribution in [0.3, 0.4) is 0 Å². The van der Waals surface area contributed by atoms with Gasteiger partial charge in [-0.15, -0.1) is 0 Å². The van der Waals surface area contributed by atoms with Crippen LogP contribution in [0.2, 0.25) is 5.02 Å². The van der Waals surface area contributed by atoms with E-state index < -0.39 is 0 Å². The molecule has 4 heteroatoms. The van der Waals surface area contributed by atoms with Crippen LogP contribution in [-0.4, -0.2) is 38.1 Å². The monoisotopic (exact) mass is 272 g/mol. The van der Waals surface area contributed by atoms with Gasteiger partial charge in [0.05, 0.1) is 5.02 Å². The lowest BCUT2D eigenvalue weighted by molar-refractivity contribution is 0.358. The molecule has 0 aromatic heterocycles. The third-order valence-corrected chi connectivity index (χ3v) is 3.17. The molecule has 18 heavy (non-hydrogen) atoms. The standard InChI is InChI=1S/C14H22ClFN2/c1-4-17-12(7-8-18(2)3)9-11-5-6-14(16)13(15)10-11/h5-6,10,12,17H,4,7-9H2,1-3H3. The predicted octanol–water partition coefficient (Wildman–Crippen LogP) is 2.95. The number of benzene rings is 1. The van der Waals surface area contributed by atoms with Crippen LogP contribution in [0, 0.1) is 5.82 Å². The predicted molar refractivity (Wildman–Crippen MR) is 75.7 cm³/mol. The Hall–Kier alpha value is -0.640. The van der Waals surface area contributed by atoms with Gasteiger partial charge in [0.1, 0.15) is 5.82 Å². The van der Waals surface area contributed by atoms with Crippen molar-refractivity contribution in [3.05, 3.63) is 34.6 Å². The molecule has 102 valence electrons. The Morgan fingerprint density at radius 2 is 2.11 bits per heavy atom. The zero-order valence-corrected chi connectivity index (χ0v) is 12.1. The Bertz CT molecular complexity index is 369. The average Bonchev–Trinajstić information content (AvgIpc) is 2.31. The van der Waals surface area contributed by atoms with E-state index in [-0.39, 0.29) is 10.8 Å². The molecular formula is C14H22ClFN2. The van der Waals surface area contributed by atoms with E-state index in [1.165, 1.54) is 6.07 Å². The molecule has 1 unspecified atom stereocenters. The summed E-state index contributed by atoms with van der Waals surface area (Å²) in [5.74, 6) is -0.353. The van der Waals surface area contributed by atoms with Gasteiger partial charge in [-0.2, -0.15) is 0 Å². The summed E-state index contributed by atoms with van der Waals surface area (Å²) in [6.07, 6.45) is 1.94. The lowest BCUT2D eigenvalue weighted by Gasteiger charge is -2.20. The van der Waals surface area contributed by atoms with E-state index in [4.69, 9.17) is 11.6 Å². The van der Waals surface area contributed by atoms with Crippen LogP contribution in [0.15, 0.2) is 18.2 Å². The van der Waals surface area contributed by atoms with Crippen molar-refractivity contribution in [1.82, 2.24) is 10.2 Å². The lowest BCUT2D eigenvalue weighted by atomic mass is 10.0. The highest BCUT2D eigenvalue weighted by Crippen LogP contribution is 2.17. The van der Waals surface area contributed by atoms with Crippen molar-refractivity contribution in [2.45, 2.75) is 25.8 Å². The number of halogens is 2. The summed E-state index contributed by atoms with van der Waals surface area (Å²) in [4.78, 5) is 2.17. The van der Waals surface area contributed by atoms with Crippen molar-refractivity contribution < 1.29 is 4.39 Å². The molecule has 1 atom stereocenters. The Morgan fingerprint density at radius 3 is 2.67 bits per heavy atom. The molecule has 0 aliphatic rings. The van der Waals surface area contributed by atoms with E-state index in [1.54, 1.807) is 12.1 Å². The molecule has 2 nitrogen and oxygen atoms in total. The maximum absolute atomic E-state index is 13.1. The molecule has 0 heterocycles. The van der Waals surface area contributed by atoms with Crippen molar-refractivity contribution in [2.75, 3.05) is 27.2 Å². The molecule has 0 amide bonds. The van der Waals surface area contributed by atoms with Gasteiger partial charge in [-0.05, 0) is 57.7 Å². The highest BCUT2D eigenvalue weighted by atomic mass is 35.5. The third kappa shape index (κ3) is 5.34. The molecule has 1 aromatic rings. The van der Waals surface area contributed by atoms with E-state index >= 15 is 0 Å². The minimum Gasteiger partial charge on any atom is -0.314 e. The van der Waals surface area contributed by atoms with Gasteiger partial charge in [-0.25, -0.2) is 4.39 Å². The van der Waals surface area contributed by atoms with Crippen molar-refractivity contribution >= 4 is 11.6 Å². The molecule has 0 saturated carbocycles. The molecule has 1 aromatic carbocycles. The summed E-state index contributed by atoms with van der Waals surface area (Å²) < 4.78 is 13.1. The summed E-state index contributed by atoms with van der Waals surface area (Å²) in [6.45, 7) is 4.07. The summed E-state index contributed by atoms with van der Waals surface area (Å²) >= 11 is 5.80. The number of hydrogen-bond donors (Lipinski definition) is 1. The first-order valence-electron chi connectivity index (χ1n) is 6.35. The zero-order chi connectivity index (χ0) is 13.5. The van der Waals surface area contributed by atoms with Gasteiger partial charge in [0, 0.05) is 6.04 Å². The fraction of sp³-hybridized carbons (Fsp3) is 0.571. The van der Waals surface area contributed by atoms with E-state index in [0.29, 0.717) is 6.04 Å². The quantitative estimate of drug-likeness (QED) is 0.821.